The smallest absolute Gasteiger partial charge is 0.253 e. The van der Waals surface area contributed by atoms with Crippen molar-refractivity contribution in [3.63, 3.8) is 0 Å². The molecule has 1 fully saturated rings. The summed E-state index contributed by atoms with van der Waals surface area (Å²) in [6.07, 6.45) is 1.68. The first kappa shape index (κ1) is 18.5. The van der Waals surface area contributed by atoms with Crippen molar-refractivity contribution in [3.05, 3.63) is 35.4 Å². The number of nitrogens with zero attached hydrogens (tertiary/aromatic N) is 1. The Kier molecular flexibility index (Phi) is 5.99. The molecule has 5 heteroatoms. The molecule has 0 bridgehead atoms. The summed E-state index contributed by atoms with van der Waals surface area (Å²) in [7, 11) is 0. The van der Waals surface area contributed by atoms with Crippen LogP contribution in [-0.4, -0.2) is 42.9 Å². The molecule has 1 aromatic rings. The van der Waals surface area contributed by atoms with E-state index in [4.69, 9.17) is 5.73 Å². The lowest BCUT2D eigenvalue weighted by Crippen LogP contribution is -2.46. The van der Waals surface area contributed by atoms with E-state index in [0.29, 0.717) is 31.7 Å². The van der Waals surface area contributed by atoms with Crippen LogP contribution in [0.3, 0.4) is 0 Å². The second-order valence-corrected chi connectivity index (χ2v) is 7.50. The van der Waals surface area contributed by atoms with Crippen LogP contribution in [0.25, 0.3) is 0 Å². The molecule has 1 aliphatic rings. The van der Waals surface area contributed by atoms with E-state index in [2.05, 4.69) is 26.1 Å². The highest BCUT2D eigenvalue weighted by atomic mass is 16.2. The maximum absolute atomic E-state index is 12.7. The molecule has 1 heterocycles. The number of nitrogens with one attached hydrogen (secondary N) is 1. The summed E-state index contributed by atoms with van der Waals surface area (Å²) in [5.41, 5.74) is 7.38. The standard InChI is InChI=1S/C19H29N3O2/c1-19(2,3)16-8-6-14(7-9-16)18(24)22-12-4-5-15(13-22)17(23)21-11-10-20/h6-9,15H,4-5,10-13,20H2,1-3H3,(H,21,23). The highest BCUT2D eigenvalue weighted by molar-refractivity contribution is 5.94. The summed E-state index contributed by atoms with van der Waals surface area (Å²) in [5.74, 6) is -0.129. The van der Waals surface area contributed by atoms with Gasteiger partial charge < -0.3 is 16.0 Å². The third kappa shape index (κ3) is 4.57. The molecule has 3 N–H and O–H groups in total. The minimum Gasteiger partial charge on any atom is -0.355 e. The number of carbonyl (C=O) groups is 2. The van der Waals surface area contributed by atoms with E-state index < -0.39 is 0 Å². The Labute approximate surface area is 144 Å². The van der Waals surface area contributed by atoms with Gasteiger partial charge in [0.2, 0.25) is 5.91 Å². The molecule has 0 aliphatic carbocycles. The number of carbonyl (C=O) groups excluding carboxylic acids is 2. The minimum absolute atomic E-state index is 0.000954. The van der Waals surface area contributed by atoms with E-state index in [9.17, 15) is 9.59 Å². The van der Waals surface area contributed by atoms with Crippen LogP contribution in [0.5, 0.6) is 0 Å². The van der Waals surface area contributed by atoms with Crippen molar-refractivity contribution in [2.45, 2.75) is 39.0 Å². The van der Waals surface area contributed by atoms with E-state index in [1.54, 1.807) is 4.90 Å². The number of nitrogens with two attached hydrogens (primary N) is 1. The van der Waals surface area contributed by atoms with Crippen molar-refractivity contribution < 1.29 is 9.59 Å². The minimum atomic E-state index is -0.136. The summed E-state index contributed by atoms with van der Waals surface area (Å²) < 4.78 is 0. The van der Waals surface area contributed by atoms with E-state index in [0.717, 1.165) is 12.8 Å². The van der Waals surface area contributed by atoms with Gasteiger partial charge in [-0.05, 0) is 36.0 Å². The van der Waals surface area contributed by atoms with Gasteiger partial charge in [-0.25, -0.2) is 0 Å². The van der Waals surface area contributed by atoms with E-state index >= 15 is 0 Å². The average Bonchev–Trinajstić information content (AvgIpc) is 2.58. The van der Waals surface area contributed by atoms with Crippen LogP contribution >= 0.6 is 0 Å². The molecule has 1 aliphatic heterocycles. The molecule has 2 rings (SSSR count). The van der Waals surface area contributed by atoms with Gasteiger partial charge in [-0.3, -0.25) is 9.59 Å². The Morgan fingerprint density at radius 1 is 1.25 bits per heavy atom. The maximum atomic E-state index is 12.7. The Hall–Kier alpha value is -1.88. The van der Waals surface area contributed by atoms with Gasteiger partial charge in [0.15, 0.2) is 0 Å². The normalized spacial score (nSPS) is 18.3. The number of piperidine rings is 1. The monoisotopic (exact) mass is 331 g/mol. The zero-order valence-corrected chi connectivity index (χ0v) is 15.0. The quantitative estimate of drug-likeness (QED) is 0.885. The molecule has 1 aromatic carbocycles. The van der Waals surface area contributed by atoms with Crippen LogP contribution in [0.15, 0.2) is 24.3 Å². The molecule has 1 atom stereocenters. The van der Waals surface area contributed by atoms with Crippen LogP contribution in [-0.2, 0) is 10.2 Å². The number of benzene rings is 1. The van der Waals surface area contributed by atoms with Crippen molar-refractivity contribution in [1.82, 2.24) is 10.2 Å². The number of hydrogen-bond acceptors (Lipinski definition) is 3. The zero-order chi connectivity index (χ0) is 17.7. The van der Waals surface area contributed by atoms with Crippen molar-refractivity contribution in [2.75, 3.05) is 26.2 Å². The van der Waals surface area contributed by atoms with Crippen LogP contribution in [0.1, 0.15) is 49.5 Å². The summed E-state index contributed by atoms with van der Waals surface area (Å²) >= 11 is 0. The topological polar surface area (TPSA) is 75.4 Å². The summed E-state index contributed by atoms with van der Waals surface area (Å²) in [6, 6.07) is 7.81. The fourth-order valence-corrected chi connectivity index (χ4v) is 3.01. The van der Waals surface area contributed by atoms with Crippen molar-refractivity contribution in [1.29, 1.82) is 0 Å². The van der Waals surface area contributed by atoms with E-state index in [-0.39, 0.29) is 23.1 Å². The lowest BCUT2D eigenvalue weighted by Gasteiger charge is -2.32. The molecule has 0 saturated carbocycles. The fraction of sp³-hybridized carbons (Fsp3) is 0.579. The van der Waals surface area contributed by atoms with Gasteiger partial charge >= 0.3 is 0 Å². The molecule has 1 unspecified atom stereocenters. The fourth-order valence-electron chi connectivity index (χ4n) is 3.01. The van der Waals surface area contributed by atoms with Crippen molar-refractivity contribution in [2.24, 2.45) is 11.7 Å². The number of hydrogen-bond donors (Lipinski definition) is 2. The molecular formula is C19H29N3O2. The SMILES string of the molecule is CC(C)(C)c1ccc(C(=O)N2CCCC(C(=O)NCCN)C2)cc1. The summed E-state index contributed by atoms with van der Waals surface area (Å²) in [4.78, 5) is 26.6. The molecular weight excluding hydrogens is 302 g/mol. The second kappa shape index (κ2) is 7.79. The maximum Gasteiger partial charge on any atom is 0.253 e. The van der Waals surface area contributed by atoms with Gasteiger partial charge in [0.1, 0.15) is 0 Å². The Morgan fingerprint density at radius 3 is 2.50 bits per heavy atom. The molecule has 132 valence electrons. The zero-order valence-electron chi connectivity index (χ0n) is 15.0. The summed E-state index contributed by atoms with van der Waals surface area (Å²) in [5, 5.41) is 2.82. The van der Waals surface area contributed by atoms with E-state index in [1.807, 2.05) is 24.3 Å². The average molecular weight is 331 g/mol. The largest absolute Gasteiger partial charge is 0.355 e. The number of likely N-dealkylation sites (tertiary alicyclic amines) is 1. The molecule has 1 saturated heterocycles. The molecule has 0 radical (unpaired) electrons. The van der Waals surface area contributed by atoms with Gasteiger partial charge in [-0.2, -0.15) is 0 Å². The second-order valence-electron chi connectivity index (χ2n) is 7.50. The predicted molar refractivity (Wildman–Crippen MR) is 95.8 cm³/mol. The van der Waals surface area contributed by atoms with Gasteiger partial charge in [-0.15, -0.1) is 0 Å². The molecule has 24 heavy (non-hydrogen) atoms. The molecule has 5 nitrogen and oxygen atoms in total. The van der Waals surface area contributed by atoms with Crippen LogP contribution in [0, 0.1) is 5.92 Å². The van der Waals surface area contributed by atoms with Crippen molar-refractivity contribution in [3.8, 4) is 0 Å². The Balaban J connectivity index is 2.02. The Bertz CT molecular complexity index is 575. The molecule has 0 aromatic heterocycles. The highest BCUT2D eigenvalue weighted by Gasteiger charge is 2.28. The van der Waals surface area contributed by atoms with Crippen LogP contribution in [0.4, 0.5) is 0 Å². The Morgan fingerprint density at radius 2 is 1.92 bits per heavy atom. The van der Waals surface area contributed by atoms with Gasteiger partial charge in [0.05, 0.1) is 5.92 Å². The lowest BCUT2D eigenvalue weighted by atomic mass is 9.86. The summed E-state index contributed by atoms with van der Waals surface area (Å²) in [6.45, 7) is 8.56. The number of rotatable bonds is 4. The van der Waals surface area contributed by atoms with Gasteiger partial charge in [0, 0.05) is 31.7 Å². The molecule has 2 amide bonds. The van der Waals surface area contributed by atoms with E-state index in [1.165, 1.54) is 5.56 Å². The van der Waals surface area contributed by atoms with Gasteiger partial charge in [-0.1, -0.05) is 32.9 Å². The third-order valence-corrected chi connectivity index (χ3v) is 4.52. The van der Waals surface area contributed by atoms with Crippen LogP contribution < -0.4 is 11.1 Å². The molecule has 0 spiro atoms. The number of amides is 2. The first-order valence-electron chi connectivity index (χ1n) is 8.70. The predicted octanol–water partition coefficient (Wildman–Crippen LogP) is 1.91. The first-order valence-corrected chi connectivity index (χ1v) is 8.70. The first-order chi connectivity index (χ1) is 11.3. The van der Waals surface area contributed by atoms with Gasteiger partial charge in [0.25, 0.3) is 5.91 Å². The van der Waals surface area contributed by atoms with Crippen molar-refractivity contribution >= 4 is 11.8 Å². The third-order valence-electron chi connectivity index (χ3n) is 4.52. The van der Waals surface area contributed by atoms with Crippen LogP contribution in [0.2, 0.25) is 0 Å². The highest BCUT2D eigenvalue weighted by Crippen LogP contribution is 2.23. The lowest BCUT2D eigenvalue weighted by molar-refractivity contribution is -0.126.